The number of carbonyl (C=O) groups excluding carboxylic acids is 1. The van der Waals surface area contributed by atoms with Gasteiger partial charge in [-0.25, -0.2) is 14.0 Å². The molecular weight excluding hydrogens is 515 g/mol. The molecular formula is C32H37FO5S. The molecule has 0 saturated carbocycles. The highest BCUT2D eigenvalue weighted by atomic mass is 32.2. The van der Waals surface area contributed by atoms with Gasteiger partial charge in [0.2, 0.25) is 0 Å². The molecule has 3 aromatic carbocycles. The largest absolute Gasteiger partial charge is 0.479 e. The van der Waals surface area contributed by atoms with E-state index < -0.39 is 29.1 Å². The Morgan fingerprint density at radius 1 is 0.846 bits per heavy atom. The average molecular weight is 553 g/mol. The Labute approximate surface area is 234 Å². The normalized spacial score (nSPS) is 12.6. The lowest BCUT2D eigenvalue weighted by molar-refractivity contribution is -0.146. The minimum absolute atomic E-state index is 0.104. The van der Waals surface area contributed by atoms with Crippen molar-refractivity contribution in [2.75, 3.05) is 7.11 Å². The zero-order valence-corrected chi connectivity index (χ0v) is 23.2. The Bertz CT molecular complexity index is 1200. The van der Waals surface area contributed by atoms with Gasteiger partial charge < -0.3 is 14.9 Å². The zero-order valence-electron chi connectivity index (χ0n) is 22.4. The van der Waals surface area contributed by atoms with Gasteiger partial charge in [-0.3, -0.25) is 0 Å². The highest BCUT2D eigenvalue weighted by Crippen LogP contribution is 2.37. The van der Waals surface area contributed by atoms with E-state index in [1.807, 2.05) is 30.3 Å². The highest BCUT2D eigenvalue weighted by molar-refractivity contribution is 7.98. The molecule has 3 rings (SSSR count). The van der Waals surface area contributed by atoms with Crippen molar-refractivity contribution in [3.8, 4) is 0 Å². The molecule has 0 radical (unpaired) electrons. The Morgan fingerprint density at radius 3 is 2.15 bits per heavy atom. The summed E-state index contributed by atoms with van der Waals surface area (Å²) in [7, 11) is 1.23. The van der Waals surface area contributed by atoms with Crippen LogP contribution in [0.5, 0.6) is 0 Å². The van der Waals surface area contributed by atoms with Gasteiger partial charge in [-0.1, -0.05) is 86.3 Å². The van der Waals surface area contributed by atoms with E-state index in [0.29, 0.717) is 5.56 Å². The lowest BCUT2D eigenvalue weighted by atomic mass is 9.96. The number of aliphatic hydroxyl groups is 1. The van der Waals surface area contributed by atoms with Gasteiger partial charge in [0.05, 0.1) is 17.9 Å². The number of hydrogen-bond donors (Lipinski definition) is 2. The third kappa shape index (κ3) is 9.52. The van der Waals surface area contributed by atoms with Crippen molar-refractivity contribution in [1.29, 1.82) is 0 Å². The third-order valence-electron chi connectivity index (χ3n) is 6.80. The second kappa shape index (κ2) is 16.1. The first kappa shape index (κ1) is 30.4. The van der Waals surface area contributed by atoms with Gasteiger partial charge in [-0.2, -0.15) is 0 Å². The molecule has 2 atom stereocenters. The van der Waals surface area contributed by atoms with Crippen molar-refractivity contribution < 1.29 is 28.9 Å². The molecule has 0 saturated heterocycles. The fourth-order valence-electron chi connectivity index (χ4n) is 4.61. The molecule has 0 amide bonds. The number of aliphatic carboxylic acids is 1. The van der Waals surface area contributed by atoms with Crippen LogP contribution in [0.25, 0.3) is 0 Å². The number of esters is 1. The van der Waals surface area contributed by atoms with Crippen LogP contribution in [0.1, 0.15) is 76.4 Å². The summed E-state index contributed by atoms with van der Waals surface area (Å²) < 4.78 is 19.3. The van der Waals surface area contributed by atoms with Crippen LogP contribution in [0.4, 0.5) is 4.39 Å². The summed E-state index contributed by atoms with van der Waals surface area (Å²) in [5.74, 6) is -2.39. The van der Waals surface area contributed by atoms with Gasteiger partial charge in [0.1, 0.15) is 5.82 Å². The van der Waals surface area contributed by atoms with Crippen LogP contribution in [0.3, 0.4) is 0 Å². The van der Waals surface area contributed by atoms with Crippen LogP contribution in [0, 0.1) is 5.82 Å². The van der Waals surface area contributed by atoms with Gasteiger partial charge in [-0.15, -0.1) is 11.8 Å². The van der Waals surface area contributed by atoms with E-state index in [0.717, 1.165) is 49.3 Å². The summed E-state index contributed by atoms with van der Waals surface area (Å²) in [6.07, 6.45) is 7.02. The maximum Gasteiger partial charge on any atom is 0.337 e. The molecule has 5 nitrogen and oxygen atoms in total. The number of carboxylic acids is 1. The summed E-state index contributed by atoms with van der Waals surface area (Å²) in [5, 5.41) is 19.4. The first-order valence-electron chi connectivity index (χ1n) is 13.4. The minimum atomic E-state index is -1.64. The number of rotatable bonds is 16. The molecule has 0 aliphatic carbocycles. The van der Waals surface area contributed by atoms with E-state index in [1.54, 1.807) is 0 Å². The van der Waals surface area contributed by atoms with Crippen molar-refractivity contribution in [2.45, 2.75) is 68.5 Å². The molecule has 0 spiro atoms. The van der Waals surface area contributed by atoms with Crippen LogP contribution >= 0.6 is 11.8 Å². The molecule has 7 heteroatoms. The van der Waals surface area contributed by atoms with E-state index in [-0.39, 0.29) is 11.3 Å². The number of ether oxygens (including phenoxy) is 1. The van der Waals surface area contributed by atoms with Gasteiger partial charge in [0.25, 0.3) is 0 Å². The van der Waals surface area contributed by atoms with Gasteiger partial charge in [0.15, 0.2) is 6.10 Å². The van der Waals surface area contributed by atoms with Crippen LogP contribution in [0.15, 0.2) is 72.8 Å². The zero-order chi connectivity index (χ0) is 28.0. The number of benzene rings is 3. The monoisotopic (exact) mass is 552 g/mol. The van der Waals surface area contributed by atoms with Crippen LogP contribution < -0.4 is 0 Å². The highest BCUT2D eigenvalue weighted by Gasteiger charge is 2.29. The molecule has 208 valence electrons. The first-order chi connectivity index (χ1) is 18.9. The molecule has 0 fully saturated rings. The smallest absolute Gasteiger partial charge is 0.337 e. The van der Waals surface area contributed by atoms with Crippen LogP contribution in [0.2, 0.25) is 0 Å². The molecule has 0 unspecified atom stereocenters. The summed E-state index contributed by atoms with van der Waals surface area (Å²) in [6.45, 7) is 0. The minimum Gasteiger partial charge on any atom is -0.479 e. The molecule has 0 aliphatic rings. The van der Waals surface area contributed by atoms with Crippen molar-refractivity contribution in [1.82, 2.24) is 0 Å². The predicted octanol–water partition coefficient (Wildman–Crippen LogP) is 7.16. The molecule has 0 heterocycles. The van der Waals surface area contributed by atoms with E-state index in [1.165, 1.54) is 55.8 Å². The Morgan fingerprint density at radius 2 is 1.49 bits per heavy atom. The van der Waals surface area contributed by atoms with Crippen molar-refractivity contribution in [3.05, 3.63) is 106 Å². The van der Waals surface area contributed by atoms with E-state index in [9.17, 15) is 24.2 Å². The first-order valence-corrected chi connectivity index (χ1v) is 14.5. The molecule has 0 bridgehead atoms. The summed E-state index contributed by atoms with van der Waals surface area (Å²) in [4.78, 5) is 23.4. The van der Waals surface area contributed by atoms with Crippen molar-refractivity contribution in [2.24, 2.45) is 0 Å². The summed E-state index contributed by atoms with van der Waals surface area (Å²) in [6, 6.07) is 22.2. The number of unbranched alkanes of at least 4 members (excludes halogenated alkanes) is 5. The van der Waals surface area contributed by atoms with Crippen LogP contribution in [-0.2, 0) is 28.1 Å². The second-order valence-corrected chi connectivity index (χ2v) is 10.7. The lowest BCUT2D eigenvalue weighted by Gasteiger charge is -2.23. The third-order valence-corrected chi connectivity index (χ3v) is 8.15. The summed E-state index contributed by atoms with van der Waals surface area (Å²) >= 11 is 1.18. The number of carboxylic acid groups (broad SMARTS) is 1. The number of thioether (sulfide) groups is 1. The van der Waals surface area contributed by atoms with Gasteiger partial charge in [0, 0.05) is 5.75 Å². The second-order valence-electron chi connectivity index (χ2n) is 9.62. The van der Waals surface area contributed by atoms with E-state index in [4.69, 9.17) is 0 Å². The van der Waals surface area contributed by atoms with Crippen molar-refractivity contribution >= 4 is 23.7 Å². The van der Waals surface area contributed by atoms with E-state index in [2.05, 4.69) is 29.0 Å². The Balaban J connectivity index is 1.55. The van der Waals surface area contributed by atoms with Gasteiger partial charge >= 0.3 is 11.9 Å². The van der Waals surface area contributed by atoms with Crippen LogP contribution in [-0.4, -0.2) is 35.4 Å². The maximum absolute atomic E-state index is 14.6. The molecule has 39 heavy (non-hydrogen) atoms. The standard InChI is InChI=1S/C32H37FO5S/c1-38-32(37)25-19-20-26(28(33)21-25)22-39-30(29(34)31(35)36)27-18-12-11-17-24(27)16-10-5-3-2-4-7-13-23-14-8-6-9-15-23/h6,8-9,11-12,14-15,17-21,29-30,34H,2-5,7,10,13,16,22H2,1H3,(H,35,36)/t29-,30-/m1/s1. The van der Waals surface area contributed by atoms with Gasteiger partial charge in [-0.05, 0) is 60.1 Å². The summed E-state index contributed by atoms with van der Waals surface area (Å²) in [5.41, 5.74) is 3.56. The Hall–Kier alpha value is -3.16. The molecule has 3 aromatic rings. The molecule has 2 N–H and O–H groups in total. The Kier molecular flexibility index (Phi) is 12.5. The fraction of sp³-hybridized carbons (Fsp3) is 0.375. The molecule has 0 aromatic heterocycles. The average Bonchev–Trinajstić information content (AvgIpc) is 2.95. The predicted molar refractivity (Wildman–Crippen MR) is 153 cm³/mol. The lowest BCUT2D eigenvalue weighted by Crippen LogP contribution is -2.26. The number of carbonyl (C=O) groups is 2. The number of halogens is 1. The molecule has 0 aliphatic heterocycles. The maximum atomic E-state index is 14.6. The fourth-order valence-corrected chi connectivity index (χ4v) is 5.91. The van der Waals surface area contributed by atoms with Crippen molar-refractivity contribution in [3.63, 3.8) is 0 Å². The van der Waals surface area contributed by atoms with E-state index >= 15 is 0 Å². The number of aryl methyl sites for hydroxylation is 2. The number of methoxy groups -OCH3 is 1. The SMILES string of the molecule is COC(=O)c1ccc(CS[C@H](c2ccccc2CCCCCCCCc2ccccc2)[C@@H](O)C(=O)O)c(F)c1. The number of aliphatic hydroxyl groups excluding tert-OH is 1. The number of hydrogen-bond acceptors (Lipinski definition) is 5. The quantitative estimate of drug-likeness (QED) is 0.145. The topological polar surface area (TPSA) is 83.8 Å².